The van der Waals surface area contributed by atoms with Gasteiger partial charge in [-0.2, -0.15) is 0 Å². The summed E-state index contributed by atoms with van der Waals surface area (Å²) in [5, 5.41) is 0. The van der Waals surface area contributed by atoms with Crippen molar-refractivity contribution in [1.82, 2.24) is 0 Å². The first-order valence-electron chi connectivity index (χ1n) is 5.26. The van der Waals surface area contributed by atoms with E-state index >= 15 is 0 Å². The number of hydrogen-bond donors (Lipinski definition) is 0. The van der Waals surface area contributed by atoms with Gasteiger partial charge in [-0.05, 0) is 37.0 Å². The highest BCUT2D eigenvalue weighted by molar-refractivity contribution is 7.90. The molecule has 0 aliphatic carbocycles. The fourth-order valence-corrected chi connectivity index (χ4v) is 2.09. The third-order valence-electron chi connectivity index (χ3n) is 2.39. The third kappa shape index (κ3) is 4.14. The normalized spacial score (nSPS) is 11.3. The molecule has 3 nitrogen and oxygen atoms in total. The molecule has 0 spiro atoms. The Labute approximate surface area is 96.4 Å². The summed E-state index contributed by atoms with van der Waals surface area (Å²) in [6.45, 7) is 0. The van der Waals surface area contributed by atoms with E-state index in [1.165, 1.54) is 6.26 Å². The fourth-order valence-electron chi connectivity index (χ4n) is 1.46. The van der Waals surface area contributed by atoms with Gasteiger partial charge < -0.3 is 4.79 Å². The minimum Gasteiger partial charge on any atom is -0.303 e. The fraction of sp³-hybridized carbons (Fsp3) is 0.417. The number of carbonyl (C=O) groups is 1. The molecule has 0 heterocycles. The Balaban J connectivity index is 2.55. The Morgan fingerprint density at radius 1 is 1.12 bits per heavy atom. The number of carbonyl (C=O) groups excluding carboxylic acids is 1. The van der Waals surface area contributed by atoms with Crippen LogP contribution in [0.5, 0.6) is 0 Å². The molecular weight excluding hydrogens is 224 g/mol. The van der Waals surface area contributed by atoms with Crippen LogP contribution in [0.1, 0.15) is 24.8 Å². The molecule has 0 aromatic heterocycles. The predicted octanol–water partition coefficient (Wildman–Crippen LogP) is 2.00. The molecule has 1 aromatic carbocycles. The number of hydrogen-bond acceptors (Lipinski definition) is 3. The summed E-state index contributed by atoms with van der Waals surface area (Å²) in [4.78, 5) is 10.5. The van der Waals surface area contributed by atoms with Crippen LogP contribution < -0.4 is 0 Å². The van der Waals surface area contributed by atoms with Gasteiger partial charge in [0, 0.05) is 12.7 Å². The maximum absolute atomic E-state index is 11.2. The molecule has 0 saturated carbocycles. The molecule has 0 unspecified atom stereocenters. The molecule has 1 aromatic rings. The van der Waals surface area contributed by atoms with E-state index in [1.54, 1.807) is 12.1 Å². The van der Waals surface area contributed by atoms with E-state index in [9.17, 15) is 13.2 Å². The van der Waals surface area contributed by atoms with E-state index in [0.29, 0.717) is 11.3 Å². The van der Waals surface area contributed by atoms with E-state index in [2.05, 4.69) is 0 Å². The Kier molecular flexibility index (Phi) is 4.68. The summed E-state index contributed by atoms with van der Waals surface area (Å²) in [5.74, 6) is 0. The quantitative estimate of drug-likeness (QED) is 0.564. The highest BCUT2D eigenvalue weighted by Gasteiger charge is 2.05. The van der Waals surface area contributed by atoms with Gasteiger partial charge in [0.2, 0.25) is 0 Å². The van der Waals surface area contributed by atoms with Crippen LogP contribution in [0.25, 0.3) is 0 Å². The summed E-state index contributed by atoms with van der Waals surface area (Å²) in [5.41, 5.74) is 1.11. The van der Waals surface area contributed by atoms with Gasteiger partial charge in [-0.3, -0.25) is 0 Å². The molecular formula is C12H16O3S. The molecule has 88 valence electrons. The molecule has 0 amide bonds. The lowest BCUT2D eigenvalue weighted by Gasteiger charge is -2.02. The van der Waals surface area contributed by atoms with Crippen molar-refractivity contribution in [3.8, 4) is 0 Å². The van der Waals surface area contributed by atoms with Gasteiger partial charge in [-0.15, -0.1) is 0 Å². The van der Waals surface area contributed by atoms with Crippen LogP contribution in [0.2, 0.25) is 0 Å². The maximum Gasteiger partial charge on any atom is 0.175 e. The first-order valence-corrected chi connectivity index (χ1v) is 7.16. The summed E-state index contributed by atoms with van der Waals surface area (Å²) < 4.78 is 22.4. The molecule has 1 rings (SSSR count). The highest BCUT2D eigenvalue weighted by Crippen LogP contribution is 2.12. The topological polar surface area (TPSA) is 51.2 Å². The Hall–Kier alpha value is -1.16. The molecule has 0 N–H and O–H groups in total. The van der Waals surface area contributed by atoms with E-state index in [-0.39, 0.29) is 0 Å². The minimum absolute atomic E-state index is 0.351. The van der Waals surface area contributed by atoms with E-state index in [1.807, 2.05) is 12.1 Å². The minimum atomic E-state index is -3.10. The van der Waals surface area contributed by atoms with Gasteiger partial charge in [-0.25, -0.2) is 8.42 Å². The second kappa shape index (κ2) is 5.80. The van der Waals surface area contributed by atoms with Crippen molar-refractivity contribution < 1.29 is 13.2 Å². The summed E-state index contributed by atoms with van der Waals surface area (Å²) in [6, 6.07) is 6.92. The summed E-state index contributed by atoms with van der Waals surface area (Å²) >= 11 is 0. The van der Waals surface area contributed by atoms with Crippen molar-refractivity contribution in [2.75, 3.05) is 6.26 Å². The van der Waals surface area contributed by atoms with E-state index < -0.39 is 9.84 Å². The van der Waals surface area contributed by atoms with Gasteiger partial charge in [-0.1, -0.05) is 12.1 Å². The second-order valence-corrected chi connectivity index (χ2v) is 5.84. The van der Waals surface area contributed by atoms with Crippen molar-refractivity contribution in [3.63, 3.8) is 0 Å². The zero-order valence-corrected chi connectivity index (χ0v) is 10.2. The summed E-state index contributed by atoms with van der Waals surface area (Å²) in [7, 11) is -3.10. The van der Waals surface area contributed by atoms with Crippen LogP contribution >= 0.6 is 0 Å². The predicted molar refractivity (Wildman–Crippen MR) is 63.2 cm³/mol. The molecule has 0 radical (unpaired) electrons. The zero-order chi connectivity index (χ0) is 12.0. The average Bonchev–Trinajstić information content (AvgIpc) is 2.24. The molecule has 0 bridgehead atoms. The van der Waals surface area contributed by atoms with Gasteiger partial charge in [0.25, 0.3) is 0 Å². The van der Waals surface area contributed by atoms with Gasteiger partial charge in [0.15, 0.2) is 9.84 Å². The first kappa shape index (κ1) is 12.9. The van der Waals surface area contributed by atoms with Crippen molar-refractivity contribution >= 4 is 16.1 Å². The molecule has 0 atom stereocenters. The Morgan fingerprint density at radius 2 is 1.75 bits per heavy atom. The standard InChI is InChI=1S/C12H16O3S/c1-16(14,15)12-8-6-11(7-9-12)5-3-2-4-10-13/h6-10H,2-5H2,1H3. The molecule has 16 heavy (non-hydrogen) atoms. The second-order valence-electron chi connectivity index (χ2n) is 3.83. The monoisotopic (exact) mass is 240 g/mol. The van der Waals surface area contributed by atoms with Gasteiger partial charge in [0.05, 0.1) is 4.90 Å². The molecule has 0 aliphatic heterocycles. The Bertz CT molecular complexity index is 432. The zero-order valence-electron chi connectivity index (χ0n) is 9.35. The van der Waals surface area contributed by atoms with Crippen molar-refractivity contribution in [2.45, 2.75) is 30.6 Å². The highest BCUT2D eigenvalue weighted by atomic mass is 32.2. The third-order valence-corrected chi connectivity index (χ3v) is 3.52. The molecule has 0 aliphatic rings. The van der Waals surface area contributed by atoms with E-state index in [4.69, 9.17) is 0 Å². The first-order chi connectivity index (χ1) is 7.54. The number of aryl methyl sites for hydroxylation is 1. The lowest BCUT2D eigenvalue weighted by Crippen LogP contribution is -1.97. The van der Waals surface area contributed by atoms with E-state index in [0.717, 1.165) is 31.1 Å². The number of rotatable bonds is 6. The van der Waals surface area contributed by atoms with Crippen LogP contribution in [0.3, 0.4) is 0 Å². The molecule has 0 fully saturated rings. The van der Waals surface area contributed by atoms with Crippen LogP contribution in [0.15, 0.2) is 29.2 Å². The lowest BCUT2D eigenvalue weighted by molar-refractivity contribution is -0.107. The lowest BCUT2D eigenvalue weighted by atomic mass is 10.1. The maximum atomic E-state index is 11.2. The summed E-state index contributed by atoms with van der Waals surface area (Å²) in [6.07, 6.45) is 5.45. The average molecular weight is 240 g/mol. The molecule has 4 heteroatoms. The number of sulfone groups is 1. The number of unbranched alkanes of at least 4 members (excludes halogenated alkanes) is 2. The van der Waals surface area contributed by atoms with Crippen LogP contribution in [0, 0.1) is 0 Å². The smallest absolute Gasteiger partial charge is 0.175 e. The van der Waals surface area contributed by atoms with Crippen molar-refractivity contribution in [1.29, 1.82) is 0 Å². The SMILES string of the molecule is CS(=O)(=O)c1ccc(CCCCC=O)cc1. The number of aldehydes is 1. The van der Waals surface area contributed by atoms with Crippen LogP contribution in [-0.2, 0) is 21.1 Å². The van der Waals surface area contributed by atoms with Gasteiger partial charge >= 0.3 is 0 Å². The van der Waals surface area contributed by atoms with Crippen LogP contribution in [-0.4, -0.2) is 21.0 Å². The number of benzene rings is 1. The largest absolute Gasteiger partial charge is 0.303 e. The van der Waals surface area contributed by atoms with Crippen molar-refractivity contribution in [2.24, 2.45) is 0 Å². The molecule has 0 saturated heterocycles. The van der Waals surface area contributed by atoms with Crippen LogP contribution in [0.4, 0.5) is 0 Å². The Morgan fingerprint density at radius 3 is 2.25 bits per heavy atom. The van der Waals surface area contributed by atoms with Gasteiger partial charge in [0.1, 0.15) is 6.29 Å². The van der Waals surface area contributed by atoms with Crippen molar-refractivity contribution in [3.05, 3.63) is 29.8 Å².